The molecule has 1 fully saturated rings. The van der Waals surface area contributed by atoms with Crippen LogP contribution < -0.4 is 5.32 Å². The summed E-state index contributed by atoms with van der Waals surface area (Å²) in [6.07, 6.45) is 0.0191. The maximum atomic E-state index is 12.7. The van der Waals surface area contributed by atoms with E-state index in [-0.39, 0.29) is 18.4 Å². The highest BCUT2D eigenvalue weighted by Gasteiger charge is 2.29. The molecule has 2 heterocycles. The first kappa shape index (κ1) is 14.4. The highest BCUT2D eigenvalue weighted by atomic mass is 32.2. The van der Waals surface area contributed by atoms with Crippen LogP contribution in [0.15, 0.2) is 18.2 Å². The van der Waals surface area contributed by atoms with E-state index in [0.29, 0.717) is 17.9 Å². The van der Waals surface area contributed by atoms with Crippen molar-refractivity contribution in [2.45, 2.75) is 25.6 Å². The van der Waals surface area contributed by atoms with E-state index >= 15 is 0 Å². The molecule has 0 radical (unpaired) electrons. The van der Waals surface area contributed by atoms with Crippen LogP contribution in [-0.4, -0.2) is 46.0 Å². The van der Waals surface area contributed by atoms with E-state index in [1.807, 2.05) is 18.2 Å². The Hall–Kier alpha value is -1.53. The number of hydrogen-bond acceptors (Lipinski definition) is 4. The molecule has 3 rings (SSSR count). The molecule has 0 aliphatic carbocycles. The summed E-state index contributed by atoms with van der Waals surface area (Å²) >= 11 is 1.71. The number of rotatable bonds is 3. The number of carboxylic acid groups (broad SMARTS) is 1. The van der Waals surface area contributed by atoms with E-state index in [2.05, 4.69) is 5.32 Å². The fourth-order valence-corrected chi connectivity index (χ4v) is 3.95. The number of hydrogen-bond donors (Lipinski definition) is 2. The summed E-state index contributed by atoms with van der Waals surface area (Å²) < 4.78 is 0. The Morgan fingerprint density at radius 1 is 1.33 bits per heavy atom. The largest absolute Gasteiger partial charge is 0.481 e. The van der Waals surface area contributed by atoms with Crippen molar-refractivity contribution in [2.75, 3.05) is 18.1 Å². The van der Waals surface area contributed by atoms with Gasteiger partial charge in [0.25, 0.3) is 5.91 Å². The molecule has 0 spiro atoms. The van der Waals surface area contributed by atoms with Crippen molar-refractivity contribution in [2.24, 2.45) is 0 Å². The zero-order valence-electron chi connectivity index (χ0n) is 11.7. The third-order valence-electron chi connectivity index (χ3n) is 3.98. The molecule has 2 aliphatic heterocycles. The number of aliphatic carboxylic acids is 1. The van der Waals surface area contributed by atoms with Gasteiger partial charge in [0.1, 0.15) is 0 Å². The zero-order valence-corrected chi connectivity index (χ0v) is 12.5. The number of nitrogens with zero attached hydrogens (tertiary/aromatic N) is 1. The number of carbonyl (C=O) groups is 2. The van der Waals surface area contributed by atoms with Gasteiger partial charge in [-0.2, -0.15) is 11.8 Å². The second-order valence-corrected chi connectivity index (χ2v) is 6.56. The molecule has 1 aromatic rings. The number of fused-ring (bicyclic) bond motifs is 1. The van der Waals surface area contributed by atoms with E-state index in [0.717, 1.165) is 18.8 Å². The van der Waals surface area contributed by atoms with Crippen molar-refractivity contribution in [1.82, 2.24) is 10.2 Å². The van der Waals surface area contributed by atoms with Gasteiger partial charge in [0, 0.05) is 36.7 Å². The van der Waals surface area contributed by atoms with E-state index in [9.17, 15) is 9.59 Å². The zero-order chi connectivity index (χ0) is 14.8. The van der Waals surface area contributed by atoms with Crippen molar-refractivity contribution in [3.8, 4) is 0 Å². The van der Waals surface area contributed by atoms with Crippen molar-refractivity contribution in [1.29, 1.82) is 0 Å². The molecule has 6 heteroatoms. The lowest BCUT2D eigenvalue weighted by molar-refractivity contribution is -0.138. The minimum atomic E-state index is -0.849. The average molecular weight is 306 g/mol. The molecule has 0 saturated carbocycles. The van der Waals surface area contributed by atoms with E-state index in [1.165, 1.54) is 11.1 Å². The Bertz CT molecular complexity index is 576. The SMILES string of the molecule is O=C(O)CC1CSCCN1C(=O)c1ccc2c(c1)CNC2. The number of carbonyl (C=O) groups excluding carboxylic acids is 1. The van der Waals surface area contributed by atoms with Crippen LogP contribution in [-0.2, 0) is 17.9 Å². The summed E-state index contributed by atoms with van der Waals surface area (Å²) in [4.78, 5) is 25.4. The quantitative estimate of drug-likeness (QED) is 0.881. The fourth-order valence-electron chi connectivity index (χ4n) is 2.89. The minimum Gasteiger partial charge on any atom is -0.481 e. The topological polar surface area (TPSA) is 69.6 Å². The lowest BCUT2D eigenvalue weighted by Gasteiger charge is -2.34. The first-order valence-corrected chi connectivity index (χ1v) is 8.23. The van der Waals surface area contributed by atoms with Crippen molar-refractivity contribution < 1.29 is 14.7 Å². The summed E-state index contributed by atoms with van der Waals surface area (Å²) in [5.41, 5.74) is 3.07. The number of benzene rings is 1. The Morgan fingerprint density at radius 3 is 2.95 bits per heavy atom. The number of amides is 1. The molecule has 1 saturated heterocycles. The summed E-state index contributed by atoms with van der Waals surface area (Å²) in [7, 11) is 0. The maximum absolute atomic E-state index is 12.7. The second-order valence-electron chi connectivity index (χ2n) is 5.41. The van der Waals surface area contributed by atoms with E-state index in [1.54, 1.807) is 16.7 Å². The molecule has 2 N–H and O–H groups in total. The van der Waals surface area contributed by atoms with Crippen LogP contribution in [0.2, 0.25) is 0 Å². The summed E-state index contributed by atoms with van der Waals surface area (Å²) in [6.45, 7) is 2.27. The van der Waals surface area contributed by atoms with E-state index in [4.69, 9.17) is 5.11 Å². The lowest BCUT2D eigenvalue weighted by atomic mass is 10.0. The molecule has 0 aromatic heterocycles. The first-order chi connectivity index (χ1) is 10.1. The van der Waals surface area contributed by atoms with Gasteiger partial charge in [-0.15, -0.1) is 0 Å². The number of thioether (sulfide) groups is 1. The fraction of sp³-hybridized carbons (Fsp3) is 0.467. The van der Waals surface area contributed by atoms with Crippen LogP contribution in [0.1, 0.15) is 27.9 Å². The number of carboxylic acids is 1. The molecule has 1 amide bonds. The highest BCUT2D eigenvalue weighted by Crippen LogP contribution is 2.23. The lowest BCUT2D eigenvalue weighted by Crippen LogP contribution is -2.47. The van der Waals surface area contributed by atoms with Gasteiger partial charge in [-0.25, -0.2) is 0 Å². The molecule has 2 aliphatic rings. The summed E-state index contributed by atoms with van der Waals surface area (Å²) in [5, 5.41) is 12.3. The smallest absolute Gasteiger partial charge is 0.305 e. The average Bonchev–Trinajstić information content (AvgIpc) is 2.94. The van der Waals surface area contributed by atoms with E-state index < -0.39 is 5.97 Å². The predicted molar refractivity (Wildman–Crippen MR) is 81.4 cm³/mol. The van der Waals surface area contributed by atoms with Gasteiger partial charge < -0.3 is 15.3 Å². The van der Waals surface area contributed by atoms with Gasteiger partial charge in [0.05, 0.1) is 12.5 Å². The molecule has 0 bridgehead atoms. The van der Waals surface area contributed by atoms with Crippen molar-refractivity contribution in [3.63, 3.8) is 0 Å². The van der Waals surface area contributed by atoms with Crippen molar-refractivity contribution >= 4 is 23.6 Å². The molecular weight excluding hydrogens is 288 g/mol. The monoisotopic (exact) mass is 306 g/mol. The van der Waals surface area contributed by atoms with Crippen LogP contribution in [0.4, 0.5) is 0 Å². The summed E-state index contributed by atoms with van der Waals surface area (Å²) in [5.74, 6) is 0.675. The van der Waals surface area contributed by atoms with Crippen LogP contribution in [0.5, 0.6) is 0 Å². The van der Waals surface area contributed by atoms with Crippen LogP contribution >= 0.6 is 11.8 Å². The molecular formula is C15H18N2O3S. The third kappa shape index (κ3) is 3.06. The van der Waals surface area contributed by atoms with Crippen LogP contribution in [0.3, 0.4) is 0 Å². The first-order valence-electron chi connectivity index (χ1n) is 7.08. The molecule has 21 heavy (non-hydrogen) atoms. The third-order valence-corrected chi connectivity index (χ3v) is 5.07. The van der Waals surface area contributed by atoms with Gasteiger partial charge in [0.2, 0.25) is 0 Å². The summed E-state index contributed by atoms with van der Waals surface area (Å²) in [6, 6.07) is 5.58. The Balaban J connectivity index is 1.80. The Kier molecular flexibility index (Phi) is 4.17. The Morgan fingerprint density at radius 2 is 2.14 bits per heavy atom. The van der Waals surface area contributed by atoms with Crippen molar-refractivity contribution in [3.05, 3.63) is 34.9 Å². The molecule has 112 valence electrons. The van der Waals surface area contributed by atoms with Gasteiger partial charge in [-0.3, -0.25) is 9.59 Å². The predicted octanol–water partition coefficient (Wildman–Crippen LogP) is 1.32. The molecule has 1 unspecified atom stereocenters. The molecule has 5 nitrogen and oxygen atoms in total. The normalized spacial score (nSPS) is 21.1. The number of nitrogens with one attached hydrogen (secondary N) is 1. The second kappa shape index (κ2) is 6.07. The molecule has 1 atom stereocenters. The highest BCUT2D eigenvalue weighted by molar-refractivity contribution is 7.99. The van der Waals surface area contributed by atoms with Gasteiger partial charge >= 0.3 is 5.97 Å². The van der Waals surface area contributed by atoms with Gasteiger partial charge in [-0.05, 0) is 23.3 Å². The van der Waals surface area contributed by atoms with Gasteiger partial charge in [-0.1, -0.05) is 6.07 Å². The Labute approximate surface area is 127 Å². The maximum Gasteiger partial charge on any atom is 0.305 e. The van der Waals surface area contributed by atoms with Crippen LogP contribution in [0, 0.1) is 0 Å². The van der Waals surface area contributed by atoms with Crippen LogP contribution in [0.25, 0.3) is 0 Å². The van der Waals surface area contributed by atoms with Gasteiger partial charge in [0.15, 0.2) is 0 Å². The standard InChI is InChI=1S/C15H18N2O3S/c18-14(19)6-13-9-21-4-3-17(13)15(20)10-1-2-11-7-16-8-12(11)5-10/h1-2,5,13,16H,3-4,6-9H2,(H,18,19). The molecule has 1 aromatic carbocycles. The minimum absolute atomic E-state index is 0.0191.